The van der Waals surface area contributed by atoms with Crippen LogP contribution in [0.15, 0.2) is 33.6 Å². The summed E-state index contributed by atoms with van der Waals surface area (Å²) in [6.07, 6.45) is -0.496. The molecule has 0 bridgehead atoms. The van der Waals surface area contributed by atoms with E-state index in [-0.39, 0.29) is 11.4 Å². The topological polar surface area (TPSA) is 55.8 Å². The summed E-state index contributed by atoms with van der Waals surface area (Å²) >= 11 is 3.28. The highest BCUT2D eigenvalue weighted by Crippen LogP contribution is 2.20. The fraction of sp³-hybridized carbons (Fsp3) is 0.455. The summed E-state index contributed by atoms with van der Waals surface area (Å²) < 4.78 is 37.3. The summed E-state index contributed by atoms with van der Waals surface area (Å²) in [5.74, 6) is 0. The Balaban J connectivity index is 2.22. The lowest BCUT2D eigenvalue weighted by Crippen LogP contribution is -2.46. The van der Waals surface area contributed by atoms with Gasteiger partial charge in [0.25, 0.3) is 0 Å². The molecule has 7 heteroatoms. The normalized spacial score (nSPS) is 22.0. The zero-order valence-electron chi connectivity index (χ0n) is 9.87. The lowest BCUT2D eigenvalue weighted by Gasteiger charge is -2.31. The second-order valence-electron chi connectivity index (χ2n) is 3.85. The van der Waals surface area contributed by atoms with E-state index in [0.717, 1.165) is 4.47 Å². The van der Waals surface area contributed by atoms with Gasteiger partial charge in [0, 0.05) is 18.1 Å². The van der Waals surface area contributed by atoms with Gasteiger partial charge in [0.05, 0.1) is 18.0 Å². The second-order valence-corrected chi connectivity index (χ2v) is 6.71. The molecular formula is C11H14BrNO4S. The number of hydrogen-bond donors (Lipinski definition) is 0. The Hall–Kier alpha value is -0.470. The second kappa shape index (κ2) is 5.66. The number of methoxy groups -OCH3 is 1. The summed E-state index contributed by atoms with van der Waals surface area (Å²) in [6.45, 7) is 0.904. The van der Waals surface area contributed by atoms with E-state index in [9.17, 15) is 8.42 Å². The van der Waals surface area contributed by atoms with Gasteiger partial charge in [-0.05, 0) is 24.3 Å². The maximum atomic E-state index is 12.4. The molecule has 1 aliphatic rings. The minimum atomic E-state index is -3.47. The van der Waals surface area contributed by atoms with Gasteiger partial charge in [0.15, 0.2) is 6.29 Å². The average molecular weight is 336 g/mol. The maximum Gasteiger partial charge on any atom is 0.243 e. The van der Waals surface area contributed by atoms with Gasteiger partial charge >= 0.3 is 0 Å². The van der Waals surface area contributed by atoms with Crippen molar-refractivity contribution >= 4 is 26.0 Å². The third kappa shape index (κ3) is 2.92. The van der Waals surface area contributed by atoms with Crippen LogP contribution in [0.4, 0.5) is 0 Å². The molecule has 18 heavy (non-hydrogen) atoms. The molecule has 1 aliphatic heterocycles. The Labute approximate surface area is 115 Å². The molecule has 5 nitrogen and oxygen atoms in total. The number of benzene rings is 1. The first-order chi connectivity index (χ1) is 8.54. The van der Waals surface area contributed by atoms with E-state index in [0.29, 0.717) is 13.2 Å². The fourth-order valence-electron chi connectivity index (χ4n) is 1.71. The molecule has 1 saturated heterocycles. The highest BCUT2D eigenvalue weighted by molar-refractivity contribution is 9.10. The standard InChI is InChI=1S/C11H14BrNO4S/c1-16-11-8-13(6-7-17-11)18(14,15)10-4-2-9(12)3-5-10/h2-5,11H,6-8H2,1H3. The van der Waals surface area contributed by atoms with E-state index >= 15 is 0 Å². The number of halogens is 1. The average Bonchev–Trinajstić information content (AvgIpc) is 2.39. The van der Waals surface area contributed by atoms with Crippen molar-refractivity contribution in [3.63, 3.8) is 0 Å². The van der Waals surface area contributed by atoms with Gasteiger partial charge in [-0.1, -0.05) is 15.9 Å². The van der Waals surface area contributed by atoms with Gasteiger partial charge in [-0.15, -0.1) is 0 Å². The van der Waals surface area contributed by atoms with Crippen molar-refractivity contribution in [3.8, 4) is 0 Å². The van der Waals surface area contributed by atoms with E-state index in [1.165, 1.54) is 11.4 Å². The lowest BCUT2D eigenvalue weighted by molar-refractivity contribution is -0.151. The number of sulfonamides is 1. The molecule has 0 radical (unpaired) electrons. The Morgan fingerprint density at radius 1 is 1.39 bits per heavy atom. The van der Waals surface area contributed by atoms with Crippen molar-refractivity contribution in [1.29, 1.82) is 0 Å². The predicted octanol–water partition coefficient (Wildman–Crippen LogP) is 1.44. The van der Waals surface area contributed by atoms with Crippen LogP contribution >= 0.6 is 15.9 Å². The number of ether oxygens (including phenoxy) is 2. The summed E-state index contributed by atoms with van der Waals surface area (Å²) in [5.41, 5.74) is 0. The first-order valence-corrected chi connectivity index (χ1v) is 7.67. The van der Waals surface area contributed by atoms with E-state index < -0.39 is 16.3 Å². The van der Waals surface area contributed by atoms with Crippen molar-refractivity contribution in [3.05, 3.63) is 28.7 Å². The summed E-state index contributed by atoms with van der Waals surface area (Å²) in [5, 5.41) is 0. The van der Waals surface area contributed by atoms with Gasteiger partial charge in [-0.3, -0.25) is 0 Å². The largest absolute Gasteiger partial charge is 0.354 e. The number of morpholine rings is 1. The third-order valence-electron chi connectivity index (χ3n) is 2.71. The highest BCUT2D eigenvalue weighted by Gasteiger charge is 2.30. The first kappa shape index (κ1) is 14.0. The van der Waals surface area contributed by atoms with Crippen LogP contribution < -0.4 is 0 Å². The van der Waals surface area contributed by atoms with Gasteiger partial charge in [0.2, 0.25) is 10.0 Å². The van der Waals surface area contributed by atoms with Crippen LogP contribution in [0.3, 0.4) is 0 Å². The molecule has 1 fully saturated rings. The lowest BCUT2D eigenvalue weighted by atomic mass is 10.4. The fourth-order valence-corrected chi connectivity index (χ4v) is 3.39. The monoisotopic (exact) mass is 335 g/mol. The van der Waals surface area contributed by atoms with Crippen LogP contribution in [-0.4, -0.2) is 45.8 Å². The van der Waals surface area contributed by atoms with Crippen LogP contribution in [0, 0.1) is 0 Å². The molecule has 0 aromatic heterocycles. The maximum absolute atomic E-state index is 12.4. The Morgan fingerprint density at radius 3 is 2.67 bits per heavy atom. The molecule has 1 unspecified atom stereocenters. The number of hydrogen-bond acceptors (Lipinski definition) is 4. The zero-order valence-corrected chi connectivity index (χ0v) is 12.3. The Morgan fingerprint density at radius 2 is 2.06 bits per heavy atom. The Kier molecular flexibility index (Phi) is 4.39. The van der Waals surface area contributed by atoms with Gasteiger partial charge in [-0.25, -0.2) is 8.42 Å². The van der Waals surface area contributed by atoms with Crippen molar-refractivity contribution in [1.82, 2.24) is 4.31 Å². The molecule has 1 aromatic carbocycles. The first-order valence-electron chi connectivity index (χ1n) is 5.44. The van der Waals surface area contributed by atoms with E-state index in [1.54, 1.807) is 24.3 Å². The molecular weight excluding hydrogens is 322 g/mol. The van der Waals surface area contributed by atoms with Crippen LogP contribution in [-0.2, 0) is 19.5 Å². The summed E-state index contributed by atoms with van der Waals surface area (Å²) in [4.78, 5) is 0.280. The van der Waals surface area contributed by atoms with E-state index in [4.69, 9.17) is 9.47 Å². The quantitative estimate of drug-likeness (QED) is 0.838. The minimum Gasteiger partial charge on any atom is -0.354 e. The predicted molar refractivity (Wildman–Crippen MR) is 69.6 cm³/mol. The number of nitrogens with zero attached hydrogens (tertiary/aromatic N) is 1. The van der Waals surface area contributed by atoms with Crippen LogP contribution in [0.2, 0.25) is 0 Å². The van der Waals surface area contributed by atoms with Crippen LogP contribution in [0.25, 0.3) is 0 Å². The molecule has 0 spiro atoms. The summed E-state index contributed by atoms with van der Waals surface area (Å²) in [7, 11) is -1.97. The molecule has 1 atom stereocenters. The van der Waals surface area contributed by atoms with Crippen molar-refractivity contribution < 1.29 is 17.9 Å². The number of rotatable bonds is 3. The van der Waals surface area contributed by atoms with Gasteiger partial charge in [0.1, 0.15) is 0 Å². The van der Waals surface area contributed by atoms with Crippen LogP contribution in [0.5, 0.6) is 0 Å². The highest BCUT2D eigenvalue weighted by atomic mass is 79.9. The van der Waals surface area contributed by atoms with E-state index in [1.807, 2.05) is 0 Å². The molecule has 0 N–H and O–H groups in total. The third-order valence-corrected chi connectivity index (χ3v) is 5.12. The smallest absolute Gasteiger partial charge is 0.243 e. The molecule has 1 aromatic rings. The van der Waals surface area contributed by atoms with Crippen molar-refractivity contribution in [2.75, 3.05) is 26.8 Å². The Bertz CT molecular complexity index is 502. The minimum absolute atomic E-state index is 0.217. The van der Waals surface area contributed by atoms with Crippen LogP contribution in [0.1, 0.15) is 0 Å². The molecule has 0 saturated carbocycles. The zero-order chi connectivity index (χ0) is 13.2. The molecule has 1 heterocycles. The van der Waals surface area contributed by atoms with Crippen molar-refractivity contribution in [2.24, 2.45) is 0 Å². The molecule has 0 amide bonds. The van der Waals surface area contributed by atoms with E-state index in [2.05, 4.69) is 15.9 Å². The van der Waals surface area contributed by atoms with Crippen molar-refractivity contribution in [2.45, 2.75) is 11.2 Å². The molecule has 0 aliphatic carbocycles. The molecule has 2 rings (SSSR count). The SMILES string of the molecule is COC1CN(S(=O)(=O)c2ccc(Br)cc2)CCO1. The molecule has 100 valence electrons. The van der Waals surface area contributed by atoms with Gasteiger partial charge in [-0.2, -0.15) is 4.31 Å². The summed E-state index contributed by atoms with van der Waals surface area (Å²) in [6, 6.07) is 6.58. The van der Waals surface area contributed by atoms with Gasteiger partial charge < -0.3 is 9.47 Å².